The van der Waals surface area contributed by atoms with Gasteiger partial charge in [-0.1, -0.05) is 26.0 Å². The molecule has 0 spiro atoms. The summed E-state index contributed by atoms with van der Waals surface area (Å²) in [5, 5.41) is 0. The Morgan fingerprint density at radius 3 is 2.44 bits per heavy atom. The van der Waals surface area contributed by atoms with Crippen LogP contribution < -0.4 is 10.5 Å². The van der Waals surface area contributed by atoms with Crippen molar-refractivity contribution in [3.63, 3.8) is 0 Å². The third-order valence-electron chi connectivity index (χ3n) is 3.50. The van der Waals surface area contributed by atoms with Crippen LogP contribution in [0, 0.1) is 5.41 Å². The van der Waals surface area contributed by atoms with E-state index in [2.05, 4.69) is 13.8 Å². The molecule has 0 unspecified atom stereocenters. The van der Waals surface area contributed by atoms with Gasteiger partial charge >= 0.3 is 0 Å². The molecule has 0 aliphatic heterocycles. The Morgan fingerprint density at radius 1 is 1.19 bits per heavy atom. The smallest absolute Gasteiger partial charge is 0.142 e. The van der Waals surface area contributed by atoms with Crippen molar-refractivity contribution in [2.24, 2.45) is 5.41 Å². The lowest BCUT2D eigenvalue weighted by atomic mass is 9.76. The van der Waals surface area contributed by atoms with Crippen molar-refractivity contribution in [3.8, 4) is 5.75 Å². The minimum atomic E-state index is 0.345. The van der Waals surface area contributed by atoms with Crippen LogP contribution in [-0.4, -0.2) is 6.10 Å². The lowest BCUT2D eigenvalue weighted by molar-refractivity contribution is 0.0994. The molecule has 2 nitrogen and oxygen atoms in total. The average Bonchev–Trinajstić information content (AvgIpc) is 2.24. The molecule has 16 heavy (non-hydrogen) atoms. The molecular weight excluding hydrogens is 198 g/mol. The van der Waals surface area contributed by atoms with Crippen LogP contribution in [0.3, 0.4) is 0 Å². The third kappa shape index (κ3) is 2.69. The molecule has 2 N–H and O–H groups in total. The Kier molecular flexibility index (Phi) is 3.08. The highest BCUT2D eigenvalue weighted by atomic mass is 16.5. The van der Waals surface area contributed by atoms with Gasteiger partial charge in [0, 0.05) is 0 Å². The molecule has 2 heteroatoms. The maximum Gasteiger partial charge on any atom is 0.142 e. The van der Waals surface area contributed by atoms with Crippen LogP contribution in [0.1, 0.15) is 39.5 Å². The number of ether oxygens (including phenoxy) is 1. The van der Waals surface area contributed by atoms with Gasteiger partial charge in [0.15, 0.2) is 0 Å². The number of hydrogen-bond donors (Lipinski definition) is 1. The van der Waals surface area contributed by atoms with Gasteiger partial charge in [0.05, 0.1) is 11.8 Å². The largest absolute Gasteiger partial charge is 0.488 e. The van der Waals surface area contributed by atoms with E-state index in [0.29, 0.717) is 11.5 Å². The summed E-state index contributed by atoms with van der Waals surface area (Å²) in [5.41, 5.74) is 7.10. The number of nitrogen functional groups attached to an aromatic ring is 1. The zero-order chi connectivity index (χ0) is 11.6. The summed E-state index contributed by atoms with van der Waals surface area (Å²) in [4.78, 5) is 0. The van der Waals surface area contributed by atoms with Gasteiger partial charge in [0.25, 0.3) is 0 Å². The van der Waals surface area contributed by atoms with E-state index in [1.165, 1.54) is 12.8 Å². The molecule has 1 aromatic carbocycles. The fourth-order valence-corrected chi connectivity index (χ4v) is 2.26. The summed E-state index contributed by atoms with van der Waals surface area (Å²) in [5.74, 6) is 0.840. The second-order valence-electron chi connectivity index (χ2n) is 5.52. The van der Waals surface area contributed by atoms with Crippen molar-refractivity contribution in [2.75, 3.05) is 5.73 Å². The molecule has 0 saturated heterocycles. The van der Waals surface area contributed by atoms with E-state index in [9.17, 15) is 0 Å². The van der Waals surface area contributed by atoms with Gasteiger partial charge in [-0.15, -0.1) is 0 Å². The third-order valence-corrected chi connectivity index (χ3v) is 3.50. The normalized spacial score (nSPS) is 20.6. The maximum absolute atomic E-state index is 5.95. The second-order valence-corrected chi connectivity index (χ2v) is 5.52. The summed E-state index contributed by atoms with van der Waals surface area (Å²) in [6, 6.07) is 7.75. The maximum atomic E-state index is 5.95. The van der Waals surface area contributed by atoms with Crippen LogP contribution in [0.4, 0.5) is 5.69 Å². The standard InChI is InChI=1S/C14H21NO/c1-14(2)9-7-11(8-10-14)16-13-6-4-3-5-12(13)15/h3-6,11H,7-10,15H2,1-2H3. The molecule has 0 amide bonds. The summed E-state index contributed by atoms with van der Waals surface area (Å²) < 4.78 is 5.95. The predicted octanol–water partition coefficient (Wildman–Crippen LogP) is 3.62. The van der Waals surface area contributed by atoms with Crippen molar-refractivity contribution >= 4 is 5.69 Å². The molecule has 1 fully saturated rings. The van der Waals surface area contributed by atoms with Crippen LogP contribution >= 0.6 is 0 Å². The molecule has 0 bridgehead atoms. The van der Waals surface area contributed by atoms with Crippen LogP contribution in [0.15, 0.2) is 24.3 Å². The summed E-state index contributed by atoms with van der Waals surface area (Å²) in [6.45, 7) is 4.67. The van der Waals surface area contributed by atoms with Crippen molar-refractivity contribution in [2.45, 2.75) is 45.6 Å². The van der Waals surface area contributed by atoms with E-state index in [1.54, 1.807) is 0 Å². The van der Waals surface area contributed by atoms with Crippen LogP contribution in [0.5, 0.6) is 5.75 Å². The Morgan fingerprint density at radius 2 is 1.81 bits per heavy atom. The first kappa shape index (κ1) is 11.3. The fraction of sp³-hybridized carbons (Fsp3) is 0.571. The minimum absolute atomic E-state index is 0.345. The Hall–Kier alpha value is -1.18. The van der Waals surface area contributed by atoms with Crippen molar-refractivity contribution < 1.29 is 4.74 Å². The van der Waals surface area contributed by atoms with E-state index in [-0.39, 0.29) is 0 Å². The van der Waals surface area contributed by atoms with E-state index in [1.807, 2.05) is 24.3 Å². The van der Waals surface area contributed by atoms with Crippen LogP contribution in [0.2, 0.25) is 0 Å². The van der Waals surface area contributed by atoms with E-state index in [4.69, 9.17) is 10.5 Å². The molecule has 1 aliphatic carbocycles. The Labute approximate surface area is 97.8 Å². The molecule has 2 rings (SSSR count). The lowest BCUT2D eigenvalue weighted by Crippen LogP contribution is -2.28. The van der Waals surface area contributed by atoms with Gasteiger partial charge in [-0.2, -0.15) is 0 Å². The number of nitrogens with two attached hydrogens (primary N) is 1. The first-order valence-electron chi connectivity index (χ1n) is 6.08. The van der Waals surface area contributed by atoms with E-state index >= 15 is 0 Å². The average molecular weight is 219 g/mol. The lowest BCUT2D eigenvalue weighted by Gasteiger charge is -2.34. The van der Waals surface area contributed by atoms with Gasteiger partial charge in [-0.25, -0.2) is 0 Å². The van der Waals surface area contributed by atoms with Gasteiger partial charge in [0.1, 0.15) is 5.75 Å². The second kappa shape index (κ2) is 4.36. The molecule has 0 radical (unpaired) electrons. The number of para-hydroxylation sites is 2. The SMILES string of the molecule is CC1(C)CCC(Oc2ccccc2N)CC1. The summed E-state index contributed by atoms with van der Waals surface area (Å²) >= 11 is 0. The minimum Gasteiger partial charge on any atom is -0.488 e. The highest BCUT2D eigenvalue weighted by Gasteiger charge is 2.27. The zero-order valence-corrected chi connectivity index (χ0v) is 10.2. The highest BCUT2D eigenvalue weighted by Crippen LogP contribution is 2.37. The van der Waals surface area contributed by atoms with E-state index in [0.717, 1.165) is 24.3 Å². The van der Waals surface area contributed by atoms with Crippen molar-refractivity contribution in [1.29, 1.82) is 0 Å². The van der Waals surface area contributed by atoms with Crippen LogP contribution in [-0.2, 0) is 0 Å². The van der Waals surface area contributed by atoms with Crippen molar-refractivity contribution in [3.05, 3.63) is 24.3 Å². The van der Waals surface area contributed by atoms with Crippen LogP contribution in [0.25, 0.3) is 0 Å². The van der Waals surface area contributed by atoms with E-state index < -0.39 is 0 Å². The molecule has 1 saturated carbocycles. The highest BCUT2D eigenvalue weighted by molar-refractivity contribution is 5.51. The van der Waals surface area contributed by atoms with Gasteiger partial charge in [-0.3, -0.25) is 0 Å². The first-order chi connectivity index (χ1) is 7.57. The van der Waals surface area contributed by atoms with Gasteiger partial charge in [-0.05, 0) is 43.2 Å². The molecule has 0 aromatic heterocycles. The topological polar surface area (TPSA) is 35.2 Å². The first-order valence-corrected chi connectivity index (χ1v) is 6.08. The number of benzene rings is 1. The molecule has 88 valence electrons. The number of hydrogen-bond acceptors (Lipinski definition) is 2. The monoisotopic (exact) mass is 219 g/mol. The predicted molar refractivity (Wildman–Crippen MR) is 67.5 cm³/mol. The molecule has 1 aromatic rings. The quantitative estimate of drug-likeness (QED) is 0.771. The van der Waals surface area contributed by atoms with Gasteiger partial charge in [0.2, 0.25) is 0 Å². The zero-order valence-electron chi connectivity index (χ0n) is 10.2. The fourth-order valence-electron chi connectivity index (χ4n) is 2.26. The molecule has 1 aliphatic rings. The molecule has 0 heterocycles. The number of anilines is 1. The summed E-state index contributed by atoms with van der Waals surface area (Å²) in [7, 11) is 0. The number of rotatable bonds is 2. The van der Waals surface area contributed by atoms with Gasteiger partial charge < -0.3 is 10.5 Å². The Balaban J connectivity index is 1.95. The van der Waals surface area contributed by atoms with Crippen molar-refractivity contribution in [1.82, 2.24) is 0 Å². The molecule has 0 atom stereocenters. The summed E-state index contributed by atoms with van der Waals surface area (Å²) in [6.07, 6.45) is 5.11. The Bertz CT molecular complexity index is 350. The molecular formula is C14H21NO.